The van der Waals surface area contributed by atoms with Crippen LogP contribution >= 0.6 is 0 Å². The molecule has 0 fully saturated rings. The fourth-order valence-electron chi connectivity index (χ4n) is 0.734. The van der Waals surface area contributed by atoms with E-state index in [0.29, 0.717) is 5.69 Å². The molecular formula is C8H13F3N2. The molecule has 0 unspecified atom stereocenters. The third-order valence-corrected chi connectivity index (χ3v) is 1.26. The van der Waals surface area contributed by atoms with Crippen LogP contribution in [0.1, 0.15) is 19.5 Å². The molecule has 0 aliphatic heterocycles. The van der Waals surface area contributed by atoms with Gasteiger partial charge in [0.2, 0.25) is 0 Å². The Kier molecular flexibility index (Phi) is 4.51. The van der Waals surface area contributed by atoms with Gasteiger partial charge in [-0.25, -0.2) is 0 Å². The number of nitrogens with zero attached hydrogens (tertiary/aromatic N) is 2. The second-order valence-corrected chi connectivity index (χ2v) is 2.25. The molecule has 0 saturated carbocycles. The number of halogens is 3. The maximum Gasteiger partial charge on any atom is 0.408 e. The van der Waals surface area contributed by atoms with E-state index in [1.54, 1.807) is 6.92 Å². The fraction of sp³-hybridized carbons (Fsp3) is 0.625. The zero-order valence-electron chi connectivity index (χ0n) is 7.89. The molecule has 0 saturated heterocycles. The second kappa shape index (κ2) is 4.89. The molecule has 0 bridgehead atoms. The summed E-state index contributed by atoms with van der Waals surface area (Å²) in [5, 5.41) is 3.50. The van der Waals surface area contributed by atoms with Crippen LogP contribution in [0.2, 0.25) is 0 Å². The Balaban J connectivity index is 0.000000671. The average molecular weight is 194 g/mol. The first-order valence-corrected chi connectivity index (χ1v) is 4.04. The zero-order valence-corrected chi connectivity index (χ0v) is 7.89. The van der Waals surface area contributed by atoms with Crippen molar-refractivity contribution in [3.63, 3.8) is 0 Å². The molecule has 13 heavy (non-hydrogen) atoms. The maximum atomic E-state index is 11.7. The number of aryl methyl sites for hydroxylation is 1. The third kappa shape index (κ3) is 4.55. The van der Waals surface area contributed by atoms with Gasteiger partial charge in [0.1, 0.15) is 6.54 Å². The minimum Gasteiger partial charge on any atom is -0.261 e. The molecule has 0 aromatic carbocycles. The van der Waals surface area contributed by atoms with Gasteiger partial charge < -0.3 is 0 Å². The van der Waals surface area contributed by atoms with Crippen molar-refractivity contribution in [3.8, 4) is 0 Å². The summed E-state index contributed by atoms with van der Waals surface area (Å²) < 4.78 is 36.1. The number of hydrogen-bond donors (Lipinski definition) is 0. The van der Waals surface area contributed by atoms with Crippen molar-refractivity contribution in [1.82, 2.24) is 9.78 Å². The Morgan fingerprint density at radius 3 is 2.23 bits per heavy atom. The van der Waals surface area contributed by atoms with Crippen molar-refractivity contribution < 1.29 is 13.2 Å². The number of alkyl halides is 3. The first-order valence-electron chi connectivity index (χ1n) is 4.04. The van der Waals surface area contributed by atoms with Gasteiger partial charge in [0.15, 0.2) is 0 Å². The molecule has 1 aromatic heterocycles. The van der Waals surface area contributed by atoms with E-state index in [2.05, 4.69) is 5.10 Å². The highest BCUT2D eigenvalue weighted by molar-refractivity contribution is 4.96. The molecule has 0 N–H and O–H groups in total. The summed E-state index contributed by atoms with van der Waals surface area (Å²) in [6.07, 6.45) is -2.84. The van der Waals surface area contributed by atoms with E-state index >= 15 is 0 Å². The Morgan fingerprint density at radius 1 is 1.38 bits per heavy atom. The number of aromatic nitrogens is 2. The van der Waals surface area contributed by atoms with E-state index in [9.17, 15) is 13.2 Å². The van der Waals surface area contributed by atoms with Crippen molar-refractivity contribution in [3.05, 3.63) is 18.0 Å². The summed E-state index contributed by atoms with van der Waals surface area (Å²) in [5.74, 6) is 0. The molecule has 0 aliphatic rings. The highest BCUT2D eigenvalue weighted by Gasteiger charge is 2.28. The van der Waals surface area contributed by atoms with Crippen molar-refractivity contribution in [2.24, 2.45) is 0 Å². The highest BCUT2D eigenvalue weighted by Crippen LogP contribution is 2.17. The summed E-state index contributed by atoms with van der Waals surface area (Å²) in [6, 6.07) is 1.53. The van der Waals surface area contributed by atoms with E-state index in [-0.39, 0.29) is 0 Å². The number of hydrogen-bond acceptors (Lipinski definition) is 1. The third-order valence-electron chi connectivity index (χ3n) is 1.26. The van der Waals surface area contributed by atoms with Crippen LogP contribution in [-0.2, 0) is 6.54 Å². The average Bonchev–Trinajstić information content (AvgIpc) is 2.38. The molecule has 1 heterocycles. The molecule has 0 atom stereocenters. The molecule has 0 amide bonds. The van der Waals surface area contributed by atoms with Gasteiger partial charge in [-0.05, 0) is 13.0 Å². The smallest absolute Gasteiger partial charge is 0.261 e. The Morgan fingerprint density at radius 2 is 1.92 bits per heavy atom. The first-order chi connectivity index (χ1) is 5.99. The van der Waals surface area contributed by atoms with Crippen molar-refractivity contribution in [1.29, 1.82) is 0 Å². The van der Waals surface area contributed by atoms with Gasteiger partial charge in [-0.3, -0.25) is 4.68 Å². The van der Waals surface area contributed by atoms with E-state index in [0.717, 1.165) is 4.68 Å². The molecule has 76 valence electrons. The SMILES string of the molecule is CC.Cc1ccnn1CC(F)(F)F. The van der Waals surface area contributed by atoms with Gasteiger partial charge in [-0.2, -0.15) is 18.3 Å². The van der Waals surface area contributed by atoms with Crippen LogP contribution in [0.4, 0.5) is 13.2 Å². The summed E-state index contributed by atoms with van der Waals surface area (Å²) in [5.41, 5.74) is 0.516. The molecule has 0 radical (unpaired) electrons. The zero-order chi connectivity index (χ0) is 10.5. The lowest BCUT2D eigenvalue weighted by atomic mass is 10.5. The summed E-state index contributed by atoms with van der Waals surface area (Å²) >= 11 is 0. The quantitative estimate of drug-likeness (QED) is 0.672. The summed E-state index contributed by atoms with van der Waals surface area (Å²) in [7, 11) is 0. The predicted octanol–water partition coefficient (Wildman–Crippen LogP) is 2.78. The van der Waals surface area contributed by atoms with Crippen molar-refractivity contribution in [2.75, 3.05) is 0 Å². The fourth-order valence-corrected chi connectivity index (χ4v) is 0.734. The minimum atomic E-state index is -4.18. The Bertz CT molecular complexity index is 240. The molecule has 5 heteroatoms. The van der Waals surface area contributed by atoms with Gasteiger partial charge in [-0.1, -0.05) is 13.8 Å². The van der Waals surface area contributed by atoms with Crippen LogP contribution in [0, 0.1) is 6.92 Å². The maximum absolute atomic E-state index is 11.7. The normalized spacial score (nSPS) is 10.6. The van der Waals surface area contributed by atoms with Gasteiger partial charge in [0.25, 0.3) is 0 Å². The van der Waals surface area contributed by atoms with Crippen LogP contribution in [0.5, 0.6) is 0 Å². The minimum absolute atomic E-state index is 0.516. The van der Waals surface area contributed by atoms with E-state index in [4.69, 9.17) is 0 Å². The standard InChI is InChI=1S/C6H7F3N2.C2H6/c1-5-2-3-10-11(5)4-6(7,8)9;1-2/h2-3H,4H2,1H3;1-2H3. The molecule has 2 nitrogen and oxygen atoms in total. The van der Waals surface area contributed by atoms with Crippen LogP contribution in [0.25, 0.3) is 0 Å². The largest absolute Gasteiger partial charge is 0.408 e. The molecule has 1 aromatic rings. The van der Waals surface area contributed by atoms with Crippen molar-refractivity contribution >= 4 is 0 Å². The predicted molar refractivity (Wildman–Crippen MR) is 44.4 cm³/mol. The van der Waals surface area contributed by atoms with Crippen LogP contribution < -0.4 is 0 Å². The Hall–Kier alpha value is -1.00. The molecule has 0 aliphatic carbocycles. The molecular weight excluding hydrogens is 181 g/mol. The number of rotatable bonds is 1. The summed E-state index contributed by atoms with van der Waals surface area (Å²) in [4.78, 5) is 0. The molecule has 1 rings (SSSR count). The van der Waals surface area contributed by atoms with Crippen LogP contribution in [-0.4, -0.2) is 16.0 Å². The second-order valence-electron chi connectivity index (χ2n) is 2.25. The topological polar surface area (TPSA) is 17.8 Å². The van der Waals surface area contributed by atoms with E-state index in [1.165, 1.54) is 12.3 Å². The van der Waals surface area contributed by atoms with Gasteiger partial charge in [-0.15, -0.1) is 0 Å². The monoisotopic (exact) mass is 194 g/mol. The lowest BCUT2D eigenvalue weighted by Gasteiger charge is -2.07. The first kappa shape index (κ1) is 12.0. The highest BCUT2D eigenvalue weighted by atomic mass is 19.4. The van der Waals surface area contributed by atoms with Crippen molar-refractivity contribution in [2.45, 2.75) is 33.5 Å². The van der Waals surface area contributed by atoms with Crippen LogP contribution in [0.3, 0.4) is 0 Å². The van der Waals surface area contributed by atoms with Crippen LogP contribution in [0.15, 0.2) is 12.3 Å². The van der Waals surface area contributed by atoms with E-state index in [1.807, 2.05) is 13.8 Å². The van der Waals surface area contributed by atoms with Gasteiger partial charge in [0.05, 0.1) is 0 Å². The lowest BCUT2D eigenvalue weighted by Crippen LogP contribution is -2.19. The van der Waals surface area contributed by atoms with Gasteiger partial charge >= 0.3 is 6.18 Å². The van der Waals surface area contributed by atoms with E-state index < -0.39 is 12.7 Å². The lowest BCUT2D eigenvalue weighted by molar-refractivity contribution is -0.142. The Labute approximate surface area is 75.4 Å². The van der Waals surface area contributed by atoms with Gasteiger partial charge in [0, 0.05) is 11.9 Å². The summed E-state index contributed by atoms with van der Waals surface area (Å²) in [6.45, 7) is 4.57. The molecule has 0 spiro atoms.